The lowest BCUT2D eigenvalue weighted by Gasteiger charge is -2.23. The minimum atomic E-state index is 0.208. The molecule has 0 unspecified atom stereocenters. The Hall–Kier alpha value is -2.20. The van der Waals surface area contributed by atoms with Crippen molar-refractivity contribution in [3.05, 3.63) is 54.1 Å². The molecule has 1 aliphatic heterocycles. The van der Waals surface area contributed by atoms with Crippen LogP contribution in [0.3, 0.4) is 0 Å². The molecule has 2 aromatic carbocycles. The van der Waals surface area contributed by atoms with Crippen LogP contribution in [0.1, 0.15) is 18.4 Å². The van der Waals surface area contributed by atoms with E-state index in [2.05, 4.69) is 0 Å². The minimum absolute atomic E-state index is 0.208. The van der Waals surface area contributed by atoms with Gasteiger partial charge in [-0.05, 0) is 17.7 Å². The van der Waals surface area contributed by atoms with Crippen molar-refractivity contribution < 1.29 is 14.2 Å². The largest absolute Gasteiger partial charge is 0.490 e. The number of rotatable bonds is 5. The summed E-state index contributed by atoms with van der Waals surface area (Å²) in [4.78, 5) is 0. The van der Waals surface area contributed by atoms with E-state index in [1.165, 1.54) is 0 Å². The van der Waals surface area contributed by atoms with Gasteiger partial charge in [0.15, 0.2) is 0 Å². The van der Waals surface area contributed by atoms with Crippen LogP contribution in [0, 0.1) is 0 Å². The second-order valence-electron chi connectivity index (χ2n) is 5.40. The number of benzene rings is 2. The zero-order valence-corrected chi connectivity index (χ0v) is 12.5. The SMILES string of the molecule is Nc1ccc(OC2CCOCC2)cc1OCc1ccccc1. The maximum atomic E-state index is 5.99. The highest BCUT2D eigenvalue weighted by molar-refractivity contribution is 5.55. The van der Waals surface area contributed by atoms with E-state index in [9.17, 15) is 0 Å². The van der Waals surface area contributed by atoms with Gasteiger partial charge in [0.25, 0.3) is 0 Å². The van der Waals surface area contributed by atoms with Crippen molar-refractivity contribution in [2.75, 3.05) is 18.9 Å². The Morgan fingerprint density at radius 2 is 1.82 bits per heavy atom. The molecule has 0 atom stereocenters. The number of nitrogen functional groups attached to an aromatic ring is 1. The van der Waals surface area contributed by atoms with Gasteiger partial charge in [0, 0.05) is 18.9 Å². The second-order valence-corrected chi connectivity index (χ2v) is 5.40. The van der Waals surface area contributed by atoms with Gasteiger partial charge in [-0.2, -0.15) is 0 Å². The lowest BCUT2D eigenvalue weighted by molar-refractivity contribution is 0.0255. The summed E-state index contributed by atoms with van der Waals surface area (Å²) in [5, 5.41) is 0. The van der Waals surface area contributed by atoms with E-state index in [4.69, 9.17) is 19.9 Å². The Labute approximate surface area is 130 Å². The molecule has 0 bridgehead atoms. The van der Waals surface area contributed by atoms with Crippen LogP contribution < -0.4 is 15.2 Å². The van der Waals surface area contributed by atoms with E-state index in [0.29, 0.717) is 18.0 Å². The molecular formula is C18H21NO3. The molecule has 0 aromatic heterocycles. The standard InChI is InChI=1S/C18H21NO3/c19-17-7-6-16(22-15-8-10-20-11-9-15)12-18(17)21-13-14-4-2-1-3-5-14/h1-7,12,15H,8-11,13,19H2. The predicted octanol–water partition coefficient (Wildman–Crippen LogP) is 3.41. The van der Waals surface area contributed by atoms with E-state index < -0.39 is 0 Å². The fraction of sp³-hybridized carbons (Fsp3) is 0.333. The molecule has 1 fully saturated rings. The first-order valence-electron chi connectivity index (χ1n) is 7.62. The van der Waals surface area contributed by atoms with Gasteiger partial charge in [0.05, 0.1) is 18.9 Å². The maximum Gasteiger partial charge on any atom is 0.146 e. The highest BCUT2D eigenvalue weighted by atomic mass is 16.5. The van der Waals surface area contributed by atoms with Gasteiger partial charge in [0.2, 0.25) is 0 Å². The fourth-order valence-corrected chi connectivity index (χ4v) is 2.43. The average molecular weight is 299 g/mol. The quantitative estimate of drug-likeness (QED) is 0.860. The Balaban J connectivity index is 1.64. The molecule has 0 radical (unpaired) electrons. The minimum Gasteiger partial charge on any atom is -0.490 e. The lowest BCUT2D eigenvalue weighted by atomic mass is 10.1. The summed E-state index contributed by atoms with van der Waals surface area (Å²) in [6.45, 7) is 2.01. The summed E-state index contributed by atoms with van der Waals surface area (Å²) >= 11 is 0. The summed E-state index contributed by atoms with van der Waals surface area (Å²) < 4.78 is 17.2. The molecule has 116 valence electrons. The summed E-state index contributed by atoms with van der Waals surface area (Å²) in [7, 11) is 0. The molecule has 3 rings (SSSR count). The molecule has 0 aliphatic carbocycles. The topological polar surface area (TPSA) is 53.7 Å². The molecule has 1 heterocycles. The van der Waals surface area contributed by atoms with Gasteiger partial charge in [0.1, 0.15) is 24.2 Å². The van der Waals surface area contributed by atoms with Crippen molar-refractivity contribution in [2.24, 2.45) is 0 Å². The van der Waals surface area contributed by atoms with Gasteiger partial charge >= 0.3 is 0 Å². The summed E-state index contributed by atoms with van der Waals surface area (Å²) in [5.41, 5.74) is 7.72. The number of anilines is 1. The van der Waals surface area contributed by atoms with Gasteiger partial charge in [-0.3, -0.25) is 0 Å². The van der Waals surface area contributed by atoms with Crippen molar-refractivity contribution in [2.45, 2.75) is 25.6 Å². The Kier molecular flexibility index (Phi) is 4.81. The van der Waals surface area contributed by atoms with Crippen LogP contribution in [0.25, 0.3) is 0 Å². The molecular weight excluding hydrogens is 278 g/mol. The summed E-state index contributed by atoms with van der Waals surface area (Å²) in [6.07, 6.45) is 2.05. The normalized spacial score (nSPS) is 15.5. The maximum absolute atomic E-state index is 5.99. The first-order valence-corrected chi connectivity index (χ1v) is 7.62. The van der Waals surface area contributed by atoms with Gasteiger partial charge < -0.3 is 19.9 Å². The molecule has 22 heavy (non-hydrogen) atoms. The third kappa shape index (κ3) is 3.92. The van der Waals surface area contributed by atoms with Crippen LogP contribution in [-0.2, 0) is 11.3 Å². The molecule has 4 heteroatoms. The second kappa shape index (κ2) is 7.18. The predicted molar refractivity (Wildman–Crippen MR) is 86.1 cm³/mol. The number of nitrogens with two attached hydrogens (primary N) is 1. The van der Waals surface area contributed by atoms with E-state index in [-0.39, 0.29) is 6.10 Å². The molecule has 4 nitrogen and oxygen atoms in total. The number of hydrogen-bond donors (Lipinski definition) is 1. The average Bonchev–Trinajstić information content (AvgIpc) is 2.57. The van der Waals surface area contributed by atoms with E-state index in [1.54, 1.807) is 0 Å². The zero-order chi connectivity index (χ0) is 15.2. The molecule has 2 aromatic rings. The first-order chi connectivity index (χ1) is 10.8. The van der Waals surface area contributed by atoms with Crippen molar-refractivity contribution in [1.29, 1.82) is 0 Å². The van der Waals surface area contributed by atoms with Crippen molar-refractivity contribution in [3.8, 4) is 11.5 Å². The van der Waals surface area contributed by atoms with Crippen LogP contribution in [0.5, 0.6) is 11.5 Å². The van der Waals surface area contributed by atoms with E-state index in [0.717, 1.165) is 37.4 Å². The lowest BCUT2D eigenvalue weighted by Crippen LogP contribution is -2.25. The van der Waals surface area contributed by atoms with E-state index >= 15 is 0 Å². The van der Waals surface area contributed by atoms with Gasteiger partial charge in [-0.15, -0.1) is 0 Å². The van der Waals surface area contributed by atoms with Crippen LogP contribution in [0.2, 0.25) is 0 Å². The smallest absolute Gasteiger partial charge is 0.146 e. The van der Waals surface area contributed by atoms with Gasteiger partial charge in [-0.1, -0.05) is 30.3 Å². The summed E-state index contributed by atoms with van der Waals surface area (Å²) in [6, 6.07) is 15.6. The molecule has 2 N–H and O–H groups in total. The number of hydrogen-bond acceptors (Lipinski definition) is 4. The monoisotopic (exact) mass is 299 g/mol. The highest BCUT2D eigenvalue weighted by Gasteiger charge is 2.16. The van der Waals surface area contributed by atoms with Crippen molar-refractivity contribution in [3.63, 3.8) is 0 Å². The molecule has 0 spiro atoms. The van der Waals surface area contributed by atoms with Crippen LogP contribution in [0.4, 0.5) is 5.69 Å². The Bertz CT molecular complexity index is 595. The van der Waals surface area contributed by atoms with Crippen LogP contribution in [0.15, 0.2) is 48.5 Å². The third-order valence-electron chi connectivity index (χ3n) is 3.69. The Morgan fingerprint density at radius 1 is 1.05 bits per heavy atom. The Morgan fingerprint density at radius 3 is 2.59 bits per heavy atom. The van der Waals surface area contributed by atoms with Crippen molar-refractivity contribution in [1.82, 2.24) is 0 Å². The first kappa shape index (κ1) is 14.7. The molecule has 0 amide bonds. The highest BCUT2D eigenvalue weighted by Crippen LogP contribution is 2.29. The molecule has 1 saturated heterocycles. The summed E-state index contributed by atoms with van der Waals surface area (Å²) in [5.74, 6) is 1.46. The van der Waals surface area contributed by atoms with Crippen molar-refractivity contribution >= 4 is 5.69 Å². The van der Waals surface area contributed by atoms with Crippen LogP contribution in [-0.4, -0.2) is 19.3 Å². The van der Waals surface area contributed by atoms with Crippen LogP contribution >= 0.6 is 0 Å². The zero-order valence-electron chi connectivity index (χ0n) is 12.5. The molecule has 1 aliphatic rings. The third-order valence-corrected chi connectivity index (χ3v) is 3.69. The molecule has 0 saturated carbocycles. The number of ether oxygens (including phenoxy) is 3. The van der Waals surface area contributed by atoms with Gasteiger partial charge in [-0.25, -0.2) is 0 Å². The fourth-order valence-electron chi connectivity index (χ4n) is 2.43. The van der Waals surface area contributed by atoms with E-state index in [1.807, 2.05) is 48.5 Å².